The zero-order valence-electron chi connectivity index (χ0n) is 18.3. The lowest BCUT2D eigenvalue weighted by Gasteiger charge is -2.18. The summed E-state index contributed by atoms with van der Waals surface area (Å²) in [5, 5.41) is 7.46. The van der Waals surface area contributed by atoms with Gasteiger partial charge in [-0.1, -0.05) is 30.3 Å². The first-order valence-corrected chi connectivity index (χ1v) is 11.5. The largest absolute Gasteiger partial charge is 0.384 e. The maximum absolute atomic E-state index is 12.8. The van der Waals surface area contributed by atoms with Gasteiger partial charge in [-0.2, -0.15) is 5.10 Å². The van der Waals surface area contributed by atoms with Gasteiger partial charge in [0.2, 0.25) is 5.91 Å². The van der Waals surface area contributed by atoms with Crippen molar-refractivity contribution >= 4 is 17.6 Å². The molecule has 1 aliphatic heterocycles. The number of benzene rings is 1. The van der Waals surface area contributed by atoms with E-state index >= 15 is 0 Å². The molecule has 0 spiro atoms. The summed E-state index contributed by atoms with van der Waals surface area (Å²) in [5.41, 5.74) is 10.5. The van der Waals surface area contributed by atoms with E-state index in [4.69, 9.17) is 5.73 Å². The van der Waals surface area contributed by atoms with E-state index in [1.807, 2.05) is 11.0 Å². The van der Waals surface area contributed by atoms with Crippen LogP contribution in [0.3, 0.4) is 0 Å². The monoisotopic (exact) mass is 442 g/mol. The van der Waals surface area contributed by atoms with Crippen molar-refractivity contribution in [1.29, 1.82) is 0 Å². The molecule has 1 saturated heterocycles. The average molecular weight is 443 g/mol. The van der Waals surface area contributed by atoms with Crippen LogP contribution in [0.25, 0.3) is 0 Å². The number of amides is 2. The van der Waals surface area contributed by atoms with Crippen LogP contribution in [0.2, 0.25) is 0 Å². The third-order valence-electron chi connectivity index (χ3n) is 7.02. The number of nitrogens with two attached hydrogens (primary N) is 1. The van der Waals surface area contributed by atoms with Crippen LogP contribution in [-0.4, -0.2) is 38.0 Å². The van der Waals surface area contributed by atoms with Crippen molar-refractivity contribution in [3.05, 3.63) is 76.7 Å². The number of carbonyl (C=O) groups is 2. The standard InChI is InChI=1S/C25H26N6O2/c26-23-8-5-19-21(28-23)6-7-22(19)29-24(32)18-10-27-31(14-18)12-16-3-1-15(2-4-16)11-30-13-17-9-20(17)25(30)33/h1-5,8,10,14,17,20,22H,6-7,9,11-13H2,(H2,26,28)(H,29,32)/t17-,20-,22-/m1/s1. The quantitative estimate of drug-likeness (QED) is 0.609. The molecule has 1 aromatic carbocycles. The summed E-state index contributed by atoms with van der Waals surface area (Å²) in [6.45, 7) is 2.17. The zero-order valence-corrected chi connectivity index (χ0v) is 18.3. The second-order valence-electron chi connectivity index (χ2n) is 9.40. The maximum atomic E-state index is 12.8. The topological polar surface area (TPSA) is 106 Å². The summed E-state index contributed by atoms with van der Waals surface area (Å²) in [4.78, 5) is 31.3. The molecule has 3 aliphatic rings. The van der Waals surface area contributed by atoms with Crippen LogP contribution in [0.5, 0.6) is 0 Å². The van der Waals surface area contributed by atoms with Gasteiger partial charge in [-0.05, 0) is 47.9 Å². The Bertz CT molecular complexity index is 1230. The molecule has 3 N–H and O–H groups in total. The van der Waals surface area contributed by atoms with Crippen LogP contribution in [0.1, 0.15) is 51.6 Å². The lowest BCUT2D eigenvalue weighted by Crippen LogP contribution is -2.27. The van der Waals surface area contributed by atoms with Crippen LogP contribution in [0.15, 0.2) is 48.8 Å². The smallest absolute Gasteiger partial charge is 0.254 e. The maximum Gasteiger partial charge on any atom is 0.254 e. The number of likely N-dealkylation sites (tertiary alicyclic amines) is 1. The molecule has 8 heteroatoms. The number of hydrogen-bond donors (Lipinski definition) is 2. The number of nitrogen functional groups attached to an aromatic ring is 1. The Morgan fingerprint density at radius 3 is 2.67 bits per heavy atom. The second kappa shape index (κ2) is 7.72. The number of fused-ring (bicyclic) bond motifs is 2. The van der Waals surface area contributed by atoms with E-state index in [2.05, 4.69) is 39.7 Å². The van der Waals surface area contributed by atoms with Crippen LogP contribution < -0.4 is 11.1 Å². The lowest BCUT2D eigenvalue weighted by molar-refractivity contribution is -0.130. The van der Waals surface area contributed by atoms with Crippen LogP contribution in [-0.2, 0) is 24.3 Å². The van der Waals surface area contributed by atoms with Crippen molar-refractivity contribution in [2.75, 3.05) is 12.3 Å². The molecule has 2 aliphatic carbocycles. The number of carbonyl (C=O) groups excluding carboxylic acids is 2. The highest BCUT2D eigenvalue weighted by atomic mass is 16.2. The van der Waals surface area contributed by atoms with Crippen molar-refractivity contribution in [2.24, 2.45) is 11.8 Å². The SMILES string of the molecule is Nc1ccc2c(n1)CC[C@H]2NC(=O)c1cnn(Cc2ccc(CN3C[C@H]4C[C@H]4C3=O)cc2)c1. The zero-order chi connectivity index (χ0) is 22.5. The molecular formula is C25H26N6O2. The number of rotatable bonds is 6. The van der Waals surface area contributed by atoms with Crippen molar-refractivity contribution in [1.82, 2.24) is 25.0 Å². The molecule has 2 fully saturated rings. The minimum absolute atomic E-state index is 0.0510. The molecule has 33 heavy (non-hydrogen) atoms. The predicted octanol–water partition coefficient (Wildman–Crippen LogP) is 2.30. The Morgan fingerprint density at radius 2 is 1.91 bits per heavy atom. The average Bonchev–Trinajstić information content (AvgIpc) is 3.10. The number of aryl methyl sites for hydroxylation is 1. The number of piperidine rings is 1. The van der Waals surface area contributed by atoms with Gasteiger partial charge in [-0.25, -0.2) is 4.98 Å². The van der Waals surface area contributed by atoms with Gasteiger partial charge in [0.15, 0.2) is 0 Å². The molecule has 0 radical (unpaired) electrons. The van der Waals surface area contributed by atoms with Gasteiger partial charge in [0, 0.05) is 30.9 Å². The van der Waals surface area contributed by atoms with Gasteiger partial charge >= 0.3 is 0 Å². The number of nitrogens with one attached hydrogen (secondary N) is 1. The third-order valence-corrected chi connectivity index (χ3v) is 7.02. The predicted molar refractivity (Wildman–Crippen MR) is 122 cm³/mol. The van der Waals surface area contributed by atoms with Crippen molar-refractivity contribution < 1.29 is 9.59 Å². The first kappa shape index (κ1) is 20.0. The van der Waals surface area contributed by atoms with E-state index in [9.17, 15) is 9.59 Å². The Labute approximate surface area is 191 Å². The number of pyridine rings is 1. The molecule has 2 amide bonds. The fourth-order valence-electron chi connectivity index (χ4n) is 5.10. The molecule has 2 aromatic heterocycles. The Balaban J connectivity index is 1.06. The highest BCUT2D eigenvalue weighted by Crippen LogP contribution is 2.46. The van der Waals surface area contributed by atoms with Gasteiger partial charge in [-0.15, -0.1) is 0 Å². The summed E-state index contributed by atoms with van der Waals surface area (Å²) in [7, 11) is 0. The van der Waals surface area contributed by atoms with Gasteiger partial charge in [0.05, 0.1) is 24.3 Å². The summed E-state index contributed by atoms with van der Waals surface area (Å²) < 4.78 is 1.77. The van der Waals surface area contributed by atoms with E-state index in [1.54, 1.807) is 23.1 Å². The molecule has 168 valence electrons. The van der Waals surface area contributed by atoms with E-state index in [0.717, 1.165) is 48.2 Å². The molecule has 8 nitrogen and oxygen atoms in total. The normalized spacial score (nSPS) is 22.8. The van der Waals surface area contributed by atoms with Crippen molar-refractivity contribution in [3.63, 3.8) is 0 Å². The Kier molecular flexibility index (Phi) is 4.67. The molecule has 3 atom stereocenters. The first-order chi connectivity index (χ1) is 16.0. The summed E-state index contributed by atoms with van der Waals surface area (Å²) >= 11 is 0. The number of aromatic nitrogens is 3. The van der Waals surface area contributed by atoms with E-state index in [0.29, 0.717) is 42.2 Å². The van der Waals surface area contributed by atoms with Gasteiger partial charge in [0.1, 0.15) is 5.82 Å². The van der Waals surface area contributed by atoms with E-state index in [-0.39, 0.29) is 11.9 Å². The van der Waals surface area contributed by atoms with E-state index < -0.39 is 0 Å². The molecule has 1 saturated carbocycles. The van der Waals surface area contributed by atoms with Crippen LogP contribution in [0.4, 0.5) is 5.82 Å². The van der Waals surface area contributed by atoms with Crippen molar-refractivity contribution in [3.8, 4) is 0 Å². The number of anilines is 1. The second-order valence-corrected chi connectivity index (χ2v) is 9.40. The van der Waals surface area contributed by atoms with Crippen LogP contribution >= 0.6 is 0 Å². The molecule has 3 aromatic rings. The first-order valence-electron chi connectivity index (χ1n) is 11.5. The molecule has 0 bridgehead atoms. The number of nitrogens with zero attached hydrogens (tertiary/aromatic N) is 4. The molecule has 6 rings (SSSR count). The van der Waals surface area contributed by atoms with Crippen molar-refractivity contribution in [2.45, 2.75) is 38.4 Å². The third kappa shape index (κ3) is 3.86. The molecular weight excluding hydrogens is 416 g/mol. The summed E-state index contributed by atoms with van der Waals surface area (Å²) in [6.07, 6.45) is 6.09. The highest BCUT2D eigenvalue weighted by Gasteiger charge is 2.51. The summed E-state index contributed by atoms with van der Waals surface area (Å²) in [5.74, 6) is 1.58. The minimum atomic E-state index is -0.139. The van der Waals surface area contributed by atoms with Gasteiger partial charge in [-0.3, -0.25) is 14.3 Å². The summed E-state index contributed by atoms with van der Waals surface area (Å²) in [6, 6.07) is 11.9. The van der Waals surface area contributed by atoms with Crippen LogP contribution in [0, 0.1) is 11.8 Å². The Morgan fingerprint density at radius 1 is 1.12 bits per heavy atom. The fraction of sp³-hybridized carbons (Fsp3) is 0.360. The lowest BCUT2D eigenvalue weighted by atomic mass is 10.1. The molecule has 3 heterocycles. The van der Waals surface area contributed by atoms with Gasteiger partial charge in [0.25, 0.3) is 5.91 Å². The molecule has 0 unspecified atom stereocenters. The highest BCUT2D eigenvalue weighted by molar-refractivity contribution is 5.94. The number of hydrogen-bond acceptors (Lipinski definition) is 5. The van der Waals surface area contributed by atoms with E-state index in [1.165, 1.54) is 0 Å². The minimum Gasteiger partial charge on any atom is -0.384 e. The fourth-order valence-corrected chi connectivity index (χ4v) is 5.10. The Hall–Kier alpha value is -3.68. The van der Waals surface area contributed by atoms with Gasteiger partial charge < -0.3 is 16.0 Å².